The molecule has 242 valence electrons. The van der Waals surface area contributed by atoms with Crippen molar-refractivity contribution in [2.45, 2.75) is 56.6 Å². The lowest BCUT2D eigenvalue weighted by Gasteiger charge is -2.50. The SMILES string of the molecule is OC1(c2cccc(Br)c2)O[C@H](COCc2ccccc2)[C@@H](OCc2ccccc2)[C@H](OCc2ccccc2)[C@H]1OCc1ccccc1. The second-order valence-corrected chi connectivity index (χ2v) is 12.5. The molecule has 7 heteroatoms. The van der Waals surface area contributed by atoms with Gasteiger partial charge in [0.1, 0.15) is 24.4 Å². The molecule has 5 aromatic carbocycles. The van der Waals surface area contributed by atoms with E-state index in [1.165, 1.54) is 0 Å². The Morgan fingerprint density at radius 1 is 0.553 bits per heavy atom. The highest BCUT2D eigenvalue weighted by Gasteiger charge is 2.57. The Morgan fingerprint density at radius 3 is 1.53 bits per heavy atom. The summed E-state index contributed by atoms with van der Waals surface area (Å²) in [5.41, 5.74) is 4.53. The van der Waals surface area contributed by atoms with Crippen molar-refractivity contribution in [3.05, 3.63) is 178 Å². The highest BCUT2D eigenvalue weighted by atomic mass is 79.9. The Balaban J connectivity index is 1.37. The van der Waals surface area contributed by atoms with Crippen molar-refractivity contribution < 1.29 is 28.8 Å². The molecule has 1 N–H and O–H groups in total. The summed E-state index contributed by atoms with van der Waals surface area (Å²) >= 11 is 3.58. The Morgan fingerprint density at radius 2 is 1.02 bits per heavy atom. The molecule has 0 aromatic heterocycles. The Bertz CT molecular complexity index is 1640. The van der Waals surface area contributed by atoms with Gasteiger partial charge in [0, 0.05) is 10.0 Å². The average Bonchev–Trinajstić information content (AvgIpc) is 3.11. The molecule has 0 amide bonds. The van der Waals surface area contributed by atoms with Crippen molar-refractivity contribution in [2.75, 3.05) is 6.61 Å². The van der Waals surface area contributed by atoms with Crippen LogP contribution in [0.25, 0.3) is 0 Å². The number of rotatable bonds is 14. The van der Waals surface area contributed by atoms with E-state index in [0.717, 1.165) is 26.7 Å². The Kier molecular flexibility index (Phi) is 11.6. The predicted octanol–water partition coefficient (Wildman–Crippen LogP) is 7.97. The van der Waals surface area contributed by atoms with Gasteiger partial charge in [-0.05, 0) is 34.4 Å². The molecule has 1 aliphatic heterocycles. The number of ether oxygens (including phenoxy) is 5. The lowest BCUT2D eigenvalue weighted by atomic mass is 9.87. The summed E-state index contributed by atoms with van der Waals surface area (Å²) in [5.74, 6) is -1.90. The molecule has 1 saturated heterocycles. The molecule has 0 spiro atoms. The monoisotopic (exact) mass is 694 g/mol. The van der Waals surface area contributed by atoms with Crippen molar-refractivity contribution in [1.82, 2.24) is 0 Å². The van der Waals surface area contributed by atoms with Gasteiger partial charge in [0.2, 0.25) is 5.79 Å². The lowest BCUT2D eigenvalue weighted by Crippen LogP contribution is -2.65. The first-order valence-electron chi connectivity index (χ1n) is 15.8. The smallest absolute Gasteiger partial charge is 0.222 e. The summed E-state index contributed by atoms with van der Waals surface area (Å²) in [5, 5.41) is 12.7. The third kappa shape index (κ3) is 8.83. The molecular weight excluding hydrogens is 656 g/mol. The zero-order chi connectivity index (χ0) is 32.3. The molecule has 1 unspecified atom stereocenters. The van der Waals surface area contributed by atoms with Crippen LogP contribution in [0.3, 0.4) is 0 Å². The van der Waals surface area contributed by atoms with E-state index in [1.807, 2.05) is 146 Å². The molecule has 5 atom stereocenters. The molecule has 1 heterocycles. The molecule has 5 aromatic rings. The second-order valence-electron chi connectivity index (χ2n) is 11.6. The van der Waals surface area contributed by atoms with Crippen molar-refractivity contribution in [3.63, 3.8) is 0 Å². The van der Waals surface area contributed by atoms with Crippen LogP contribution in [0.2, 0.25) is 0 Å². The molecule has 1 fully saturated rings. The first-order chi connectivity index (χ1) is 23.1. The number of benzene rings is 5. The molecule has 0 aliphatic carbocycles. The van der Waals surface area contributed by atoms with E-state index in [2.05, 4.69) is 15.9 Å². The average molecular weight is 696 g/mol. The van der Waals surface area contributed by atoms with Crippen LogP contribution in [0.1, 0.15) is 27.8 Å². The molecule has 47 heavy (non-hydrogen) atoms. The molecular formula is C40H39BrO6. The van der Waals surface area contributed by atoms with Crippen LogP contribution in [0.5, 0.6) is 0 Å². The molecule has 1 aliphatic rings. The quantitative estimate of drug-likeness (QED) is 0.127. The summed E-state index contributed by atoms with van der Waals surface area (Å²) in [4.78, 5) is 0. The van der Waals surface area contributed by atoms with Crippen LogP contribution in [0, 0.1) is 0 Å². The van der Waals surface area contributed by atoms with Gasteiger partial charge in [0.15, 0.2) is 0 Å². The van der Waals surface area contributed by atoms with Gasteiger partial charge in [-0.15, -0.1) is 0 Å². The molecule has 0 radical (unpaired) electrons. The van der Waals surface area contributed by atoms with Crippen LogP contribution in [0.4, 0.5) is 0 Å². The molecule has 0 bridgehead atoms. The maximum Gasteiger partial charge on any atom is 0.222 e. The molecule has 0 saturated carbocycles. The first kappa shape index (κ1) is 33.2. The zero-order valence-corrected chi connectivity index (χ0v) is 27.7. The predicted molar refractivity (Wildman–Crippen MR) is 184 cm³/mol. The normalized spacial score (nSPS) is 22.6. The van der Waals surface area contributed by atoms with E-state index in [0.29, 0.717) is 18.8 Å². The van der Waals surface area contributed by atoms with Gasteiger partial charge in [0.05, 0.1) is 33.0 Å². The van der Waals surface area contributed by atoms with E-state index in [4.69, 9.17) is 23.7 Å². The fourth-order valence-electron chi connectivity index (χ4n) is 5.80. The highest BCUT2D eigenvalue weighted by molar-refractivity contribution is 9.10. The van der Waals surface area contributed by atoms with E-state index in [-0.39, 0.29) is 19.8 Å². The van der Waals surface area contributed by atoms with Crippen molar-refractivity contribution >= 4 is 15.9 Å². The first-order valence-corrected chi connectivity index (χ1v) is 16.6. The fraction of sp³-hybridized carbons (Fsp3) is 0.250. The maximum absolute atomic E-state index is 12.7. The van der Waals surface area contributed by atoms with E-state index < -0.39 is 30.2 Å². The molecule has 6 rings (SSSR count). The molecule has 6 nitrogen and oxygen atoms in total. The van der Waals surface area contributed by atoms with Gasteiger partial charge in [-0.1, -0.05) is 149 Å². The van der Waals surface area contributed by atoms with E-state index in [9.17, 15) is 5.11 Å². The Labute approximate surface area is 285 Å². The minimum absolute atomic E-state index is 0.154. The van der Waals surface area contributed by atoms with Gasteiger partial charge in [-0.3, -0.25) is 0 Å². The highest BCUT2D eigenvalue weighted by Crippen LogP contribution is 2.42. The van der Waals surface area contributed by atoms with E-state index >= 15 is 0 Å². The minimum atomic E-state index is -1.90. The number of halogens is 1. The number of aliphatic hydroxyl groups is 1. The topological polar surface area (TPSA) is 66.4 Å². The van der Waals surface area contributed by atoms with Crippen LogP contribution in [-0.4, -0.2) is 36.1 Å². The lowest BCUT2D eigenvalue weighted by molar-refractivity contribution is -0.378. The summed E-state index contributed by atoms with van der Waals surface area (Å²) in [6.45, 7) is 1.37. The number of hydrogen-bond donors (Lipinski definition) is 1. The third-order valence-electron chi connectivity index (χ3n) is 8.18. The van der Waals surface area contributed by atoms with Crippen LogP contribution in [-0.2, 0) is 55.9 Å². The van der Waals surface area contributed by atoms with Crippen LogP contribution >= 0.6 is 15.9 Å². The summed E-state index contributed by atoms with van der Waals surface area (Å²) < 4.78 is 33.9. The van der Waals surface area contributed by atoms with Gasteiger partial charge in [-0.25, -0.2) is 0 Å². The van der Waals surface area contributed by atoms with Gasteiger partial charge >= 0.3 is 0 Å². The standard InChI is InChI=1S/C40H39BrO6/c41-35-23-13-22-34(24-35)40(42)39(46-28-33-20-11-4-12-21-33)38(45-27-32-18-9-3-10-19-32)37(44-26-31-16-7-2-8-17-31)36(47-40)29-43-25-30-14-5-1-6-15-30/h1-24,36-39,42H,25-29H2/t36-,37-,38+,39-,40?/m1/s1. The summed E-state index contributed by atoms with van der Waals surface area (Å²) in [6, 6.07) is 47.3. The third-order valence-corrected chi connectivity index (χ3v) is 8.67. The van der Waals surface area contributed by atoms with Crippen molar-refractivity contribution in [1.29, 1.82) is 0 Å². The largest absolute Gasteiger partial charge is 0.374 e. The number of hydrogen-bond acceptors (Lipinski definition) is 6. The van der Waals surface area contributed by atoms with Crippen molar-refractivity contribution in [2.24, 2.45) is 0 Å². The minimum Gasteiger partial charge on any atom is -0.374 e. The summed E-state index contributed by atoms with van der Waals surface area (Å²) in [7, 11) is 0. The summed E-state index contributed by atoms with van der Waals surface area (Å²) in [6.07, 6.45) is -3.07. The van der Waals surface area contributed by atoms with Gasteiger partial charge in [-0.2, -0.15) is 0 Å². The zero-order valence-electron chi connectivity index (χ0n) is 26.1. The van der Waals surface area contributed by atoms with Crippen molar-refractivity contribution in [3.8, 4) is 0 Å². The second kappa shape index (κ2) is 16.4. The fourth-order valence-corrected chi connectivity index (χ4v) is 6.20. The van der Waals surface area contributed by atoms with Crippen LogP contribution < -0.4 is 0 Å². The van der Waals surface area contributed by atoms with E-state index in [1.54, 1.807) is 0 Å². The van der Waals surface area contributed by atoms with Gasteiger partial charge in [0.25, 0.3) is 0 Å². The Hall–Kier alpha value is -3.66. The van der Waals surface area contributed by atoms with Gasteiger partial charge < -0.3 is 28.8 Å². The van der Waals surface area contributed by atoms with Crippen LogP contribution in [0.15, 0.2) is 150 Å². The maximum atomic E-state index is 12.7.